The maximum atomic E-state index is 11.5. The van der Waals surface area contributed by atoms with Gasteiger partial charge in [-0.25, -0.2) is 0 Å². The minimum Gasteiger partial charge on any atom is -0.481 e. The first-order chi connectivity index (χ1) is 9.00. The number of aliphatic carboxylic acids is 1. The summed E-state index contributed by atoms with van der Waals surface area (Å²) in [5.74, 6) is -0.279. The maximum absolute atomic E-state index is 11.5. The van der Waals surface area contributed by atoms with Crippen molar-refractivity contribution in [1.29, 1.82) is 0 Å². The zero-order valence-corrected chi connectivity index (χ0v) is 10.6. The molecule has 0 radical (unpaired) electrons. The Morgan fingerprint density at radius 2 is 2.26 bits per heavy atom. The van der Waals surface area contributed by atoms with Gasteiger partial charge in [0.25, 0.3) is 5.91 Å². The van der Waals surface area contributed by atoms with Crippen LogP contribution in [-0.2, 0) is 16.0 Å². The van der Waals surface area contributed by atoms with E-state index >= 15 is 0 Å². The molecule has 19 heavy (non-hydrogen) atoms. The zero-order chi connectivity index (χ0) is 13.6. The van der Waals surface area contributed by atoms with Gasteiger partial charge in [-0.2, -0.15) is 0 Å². The molecule has 1 atom stereocenters. The molecule has 0 aromatic heterocycles. The third-order valence-corrected chi connectivity index (χ3v) is 3.82. The lowest BCUT2D eigenvalue weighted by atomic mass is 9.96. The highest BCUT2D eigenvalue weighted by Crippen LogP contribution is 2.49. The van der Waals surface area contributed by atoms with Crippen molar-refractivity contribution in [1.82, 2.24) is 0 Å². The van der Waals surface area contributed by atoms with Crippen molar-refractivity contribution in [2.24, 2.45) is 5.41 Å². The van der Waals surface area contributed by atoms with Gasteiger partial charge in [0.05, 0.1) is 11.1 Å². The number of amides is 1. The summed E-state index contributed by atoms with van der Waals surface area (Å²) in [4.78, 5) is 22.7. The molecular formula is C14H15NO4. The minimum absolute atomic E-state index is 0.177. The molecule has 3 rings (SSSR count). The Balaban J connectivity index is 1.84. The van der Waals surface area contributed by atoms with Crippen LogP contribution in [0.3, 0.4) is 0 Å². The van der Waals surface area contributed by atoms with Crippen molar-refractivity contribution >= 4 is 17.6 Å². The highest BCUT2D eigenvalue weighted by Gasteiger charge is 2.50. The monoisotopic (exact) mass is 261 g/mol. The normalized spacial score (nSPS) is 23.0. The molecule has 1 aromatic carbocycles. The quantitative estimate of drug-likeness (QED) is 0.870. The van der Waals surface area contributed by atoms with Crippen molar-refractivity contribution in [3.63, 3.8) is 0 Å². The molecule has 5 nitrogen and oxygen atoms in total. The summed E-state index contributed by atoms with van der Waals surface area (Å²) in [6.45, 7) is 1.69. The van der Waals surface area contributed by atoms with Gasteiger partial charge < -0.3 is 15.2 Å². The average molecular weight is 261 g/mol. The van der Waals surface area contributed by atoms with Crippen molar-refractivity contribution in [2.75, 3.05) is 5.32 Å². The topological polar surface area (TPSA) is 75.6 Å². The molecule has 2 aliphatic rings. The van der Waals surface area contributed by atoms with Crippen LogP contribution in [0.15, 0.2) is 18.2 Å². The Bertz CT molecular complexity index is 563. The molecule has 0 bridgehead atoms. The Labute approximate surface area is 110 Å². The van der Waals surface area contributed by atoms with Gasteiger partial charge in [0.1, 0.15) is 5.75 Å². The number of hydrogen-bond donors (Lipinski definition) is 2. The Morgan fingerprint density at radius 1 is 1.53 bits per heavy atom. The number of carboxylic acids is 1. The molecule has 2 N–H and O–H groups in total. The number of rotatable bonds is 3. The molecular weight excluding hydrogens is 246 g/mol. The van der Waals surface area contributed by atoms with E-state index in [1.165, 1.54) is 0 Å². The second kappa shape index (κ2) is 3.98. The Morgan fingerprint density at radius 3 is 2.89 bits per heavy atom. The summed E-state index contributed by atoms with van der Waals surface area (Å²) in [7, 11) is 0. The van der Waals surface area contributed by atoms with Crippen LogP contribution in [0, 0.1) is 5.41 Å². The van der Waals surface area contributed by atoms with E-state index in [0.29, 0.717) is 17.9 Å². The summed E-state index contributed by atoms with van der Waals surface area (Å²) in [6.07, 6.45) is 1.45. The molecule has 1 heterocycles. The number of carbonyl (C=O) groups excluding carboxylic acids is 1. The van der Waals surface area contributed by atoms with Gasteiger partial charge in [-0.05, 0) is 43.9 Å². The molecule has 1 fully saturated rings. The average Bonchev–Trinajstić information content (AvgIpc) is 3.12. The van der Waals surface area contributed by atoms with Gasteiger partial charge in [-0.3, -0.25) is 9.59 Å². The van der Waals surface area contributed by atoms with Gasteiger partial charge in [0.2, 0.25) is 0 Å². The number of carboxylic acid groups (broad SMARTS) is 1. The smallest absolute Gasteiger partial charge is 0.309 e. The highest BCUT2D eigenvalue weighted by molar-refractivity contribution is 5.97. The van der Waals surface area contributed by atoms with Crippen LogP contribution in [0.4, 0.5) is 5.69 Å². The molecule has 1 unspecified atom stereocenters. The van der Waals surface area contributed by atoms with Gasteiger partial charge >= 0.3 is 5.97 Å². The van der Waals surface area contributed by atoms with Gasteiger partial charge in [-0.1, -0.05) is 6.07 Å². The van der Waals surface area contributed by atoms with Gasteiger partial charge in [0.15, 0.2) is 6.10 Å². The zero-order valence-electron chi connectivity index (χ0n) is 10.6. The third-order valence-electron chi connectivity index (χ3n) is 3.82. The first-order valence-corrected chi connectivity index (χ1v) is 6.34. The number of carbonyl (C=O) groups is 2. The molecule has 5 heteroatoms. The van der Waals surface area contributed by atoms with Crippen molar-refractivity contribution in [3.05, 3.63) is 23.8 Å². The molecule has 1 aliphatic carbocycles. The summed E-state index contributed by atoms with van der Waals surface area (Å²) < 4.78 is 5.46. The van der Waals surface area contributed by atoms with Crippen LogP contribution in [0.5, 0.6) is 5.75 Å². The predicted molar refractivity (Wildman–Crippen MR) is 68.2 cm³/mol. The van der Waals surface area contributed by atoms with Gasteiger partial charge in [0, 0.05) is 0 Å². The Kier molecular flexibility index (Phi) is 2.52. The SMILES string of the molecule is CC1Oc2ccc(CC3(C(=O)O)CC3)cc2NC1=O. The summed E-state index contributed by atoms with van der Waals surface area (Å²) >= 11 is 0. The van der Waals surface area contributed by atoms with E-state index in [1.54, 1.807) is 13.0 Å². The van der Waals surface area contributed by atoms with E-state index in [4.69, 9.17) is 4.74 Å². The van der Waals surface area contributed by atoms with Crippen molar-refractivity contribution < 1.29 is 19.4 Å². The van der Waals surface area contributed by atoms with Crippen LogP contribution >= 0.6 is 0 Å². The molecule has 1 aliphatic heterocycles. The van der Waals surface area contributed by atoms with Crippen LogP contribution in [0.25, 0.3) is 0 Å². The lowest BCUT2D eigenvalue weighted by Crippen LogP contribution is -2.34. The first-order valence-electron chi connectivity index (χ1n) is 6.34. The maximum Gasteiger partial charge on any atom is 0.309 e. The number of nitrogens with one attached hydrogen (secondary N) is 1. The number of benzene rings is 1. The van der Waals surface area contributed by atoms with E-state index in [1.807, 2.05) is 12.1 Å². The molecule has 100 valence electrons. The standard InChI is InChI=1S/C14H15NO4/c1-8-12(16)15-10-6-9(2-3-11(10)19-8)7-14(4-5-14)13(17)18/h2-3,6,8H,4-5,7H2,1H3,(H,15,16)(H,17,18). The number of anilines is 1. The fraction of sp³-hybridized carbons (Fsp3) is 0.429. The van der Waals surface area contributed by atoms with E-state index in [-0.39, 0.29) is 5.91 Å². The van der Waals surface area contributed by atoms with Gasteiger partial charge in [-0.15, -0.1) is 0 Å². The van der Waals surface area contributed by atoms with E-state index in [0.717, 1.165) is 18.4 Å². The van der Waals surface area contributed by atoms with Crippen LogP contribution in [0.1, 0.15) is 25.3 Å². The largest absolute Gasteiger partial charge is 0.481 e. The fourth-order valence-electron chi connectivity index (χ4n) is 2.37. The summed E-state index contributed by atoms with van der Waals surface area (Å²) in [5.41, 5.74) is 0.944. The summed E-state index contributed by atoms with van der Waals surface area (Å²) in [5, 5.41) is 12.0. The van der Waals surface area contributed by atoms with E-state index < -0.39 is 17.5 Å². The lowest BCUT2D eigenvalue weighted by molar-refractivity contribution is -0.143. The minimum atomic E-state index is -0.737. The molecule has 1 aromatic rings. The fourth-order valence-corrected chi connectivity index (χ4v) is 2.37. The highest BCUT2D eigenvalue weighted by atomic mass is 16.5. The number of hydrogen-bond acceptors (Lipinski definition) is 3. The number of fused-ring (bicyclic) bond motifs is 1. The second-order valence-corrected chi connectivity index (χ2v) is 5.34. The second-order valence-electron chi connectivity index (χ2n) is 5.34. The van der Waals surface area contributed by atoms with E-state index in [9.17, 15) is 14.7 Å². The Hall–Kier alpha value is -2.04. The van der Waals surface area contributed by atoms with Crippen LogP contribution < -0.4 is 10.1 Å². The molecule has 1 amide bonds. The predicted octanol–water partition coefficient (Wildman–Crippen LogP) is 1.81. The number of ether oxygens (including phenoxy) is 1. The van der Waals surface area contributed by atoms with Crippen molar-refractivity contribution in [3.8, 4) is 5.75 Å². The first kappa shape index (κ1) is 12.0. The van der Waals surface area contributed by atoms with Crippen molar-refractivity contribution in [2.45, 2.75) is 32.3 Å². The van der Waals surface area contributed by atoms with Crippen LogP contribution in [0.2, 0.25) is 0 Å². The molecule has 0 spiro atoms. The summed E-state index contributed by atoms with van der Waals surface area (Å²) in [6, 6.07) is 5.46. The molecule has 1 saturated carbocycles. The lowest BCUT2D eigenvalue weighted by Gasteiger charge is -2.24. The molecule has 0 saturated heterocycles. The van der Waals surface area contributed by atoms with Crippen LogP contribution in [-0.4, -0.2) is 23.1 Å². The van der Waals surface area contributed by atoms with E-state index in [2.05, 4.69) is 5.32 Å². The third kappa shape index (κ3) is 2.05.